The van der Waals surface area contributed by atoms with Gasteiger partial charge in [-0.25, -0.2) is 8.42 Å². The van der Waals surface area contributed by atoms with Gasteiger partial charge in [-0.05, 0) is 18.8 Å². The van der Waals surface area contributed by atoms with Gasteiger partial charge in [-0.2, -0.15) is 0 Å². The molecule has 1 saturated carbocycles. The van der Waals surface area contributed by atoms with Crippen molar-refractivity contribution in [3.8, 4) is 0 Å². The molecule has 0 unspecified atom stereocenters. The van der Waals surface area contributed by atoms with Crippen molar-refractivity contribution < 1.29 is 13.2 Å². The molecule has 2 heterocycles. The second-order valence-electron chi connectivity index (χ2n) is 3.45. The quantitative estimate of drug-likeness (QED) is 0.612. The van der Waals surface area contributed by atoms with Gasteiger partial charge in [0.25, 0.3) is 0 Å². The minimum Gasteiger partial charge on any atom is -0.374 e. The van der Waals surface area contributed by atoms with Crippen LogP contribution in [0.15, 0.2) is 0 Å². The second kappa shape index (κ2) is 2.12. The molecule has 11 heavy (non-hydrogen) atoms. The predicted molar refractivity (Wildman–Crippen MR) is 41.0 cm³/mol. The number of hydrogen-bond donors (Lipinski definition) is 0. The third kappa shape index (κ3) is 1.39. The van der Waals surface area contributed by atoms with Crippen LogP contribution in [0, 0.1) is 5.92 Å². The van der Waals surface area contributed by atoms with Gasteiger partial charge in [-0.1, -0.05) is 0 Å². The fourth-order valence-electron chi connectivity index (χ4n) is 2.00. The first-order valence-electron chi connectivity index (χ1n) is 3.55. The molecule has 0 atom stereocenters. The van der Waals surface area contributed by atoms with Crippen LogP contribution in [0.5, 0.6) is 0 Å². The van der Waals surface area contributed by atoms with Crippen molar-refractivity contribution in [2.24, 2.45) is 5.92 Å². The normalized spacial score (nSPS) is 42.1. The minimum absolute atomic E-state index is 0.0158. The van der Waals surface area contributed by atoms with Gasteiger partial charge in [0.2, 0.25) is 9.05 Å². The maximum absolute atomic E-state index is 10.7. The third-order valence-corrected chi connectivity index (χ3v) is 3.58. The molecule has 2 aliphatic heterocycles. The van der Waals surface area contributed by atoms with Crippen molar-refractivity contribution in [3.63, 3.8) is 0 Å². The van der Waals surface area contributed by atoms with E-state index in [1.165, 1.54) is 0 Å². The minimum atomic E-state index is -3.38. The molecule has 64 valence electrons. The summed E-state index contributed by atoms with van der Waals surface area (Å²) in [6, 6.07) is 0. The van der Waals surface area contributed by atoms with E-state index < -0.39 is 14.7 Å². The van der Waals surface area contributed by atoms with Gasteiger partial charge in [-0.3, -0.25) is 0 Å². The van der Waals surface area contributed by atoms with Crippen LogP contribution < -0.4 is 0 Å². The van der Waals surface area contributed by atoms with E-state index in [0.717, 1.165) is 12.8 Å². The summed E-state index contributed by atoms with van der Waals surface area (Å²) < 4.78 is 26.7. The Hall–Kier alpha value is 0.200. The summed E-state index contributed by atoms with van der Waals surface area (Å²) in [5.74, 6) is 0.575. The highest BCUT2D eigenvalue weighted by atomic mass is 35.7. The molecular weight excluding hydrogens is 188 g/mol. The standard InChI is InChI=1S/C6H9ClO3S/c7-11(8,9)4-6-1-5(2-6)3-10-6/h5H,1-4H2. The van der Waals surface area contributed by atoms with Crippen molar-refractivity contribution in [2.75, 3.05) is 12.4 Å². The lowest BCUT2D eigenvalue weighted by Gasteiger charge is -2.34. The molecule has 3 aliphatic rings. The molecule has 2 bridgehead atoms. The number of fused-ring (bicyclic) bond motifs is 1. The van der Waals surface area contributed by atoms with Gasteiger partial charge in [0.1, 0.15) is 0 Å². The number of ether oxygens (including phenoxy) is 1. The summed E-state index contributed by atoms with van der Waals surface area (Å²) in [5, 5.41) is 0. The Labute approximate surface area is 70.1 Å². The molecule has 0 amide bonds. The van der Waals surface area contributed by atoms with E-state index in [9.17, 15) is 8.42 Å². The fraction of sp³-hybridized carbons (Fsp3) is 1.00. The summed E-state index contributed by atoms with van der Waals surface area (Å²) in [6.07, 6.45) is 1.75. The number of hydrogen-bond acceptors (Lipinski definition) is 3. The summed E-state index contributed by atoms with van der Waals surface area (Å²) >= 11 is 0. The van der Waals surface area contributed by atoms with Crippen LogP contribution >= 0.6 is 10.7 Å². The van der Waals surface area contributed by atoms with Crippen LogP contribution in [0.1, 0.15) is 12.8 Å². The Balaban J connectivity index is 2.07. The zero-order valence-corrected chi connectivity index (χ0v) is 7.49. The zero-order chi connectivity index (χ0) is 8.11. The Morgan fingerprint density at radius 1 is 1.55 bits per heavy atom. The molecule has 0 N–H and O–H groups in total. The highest BCUT2D eigenvalue weighted by Crippen LogP contribution is 2.49. The first-order chi connectivity index (χ1) is 4.99. The van der Waals surface area contributed by atoms with Crippen LogP contribution in [-0.4, -0.2) is 26.4 Å². The molecule has 5 heteroatoms. The Kier molecular flexibility index (Phi) is 1.51. The molecule has 0 aromatic heterocycles. The van der Waals surface area contributed by atoms with Crippen LogP contribution in [-0.2, 0) is 13.8 Å². The number of rotatable bonds is 2. The van der Waals surface area contributed by atoms with Gasteiger partial charge in [0.15, 0.2) is 0 Å². The van der Waals surface area contributed by atoms with E-state index in [0.29, 0.717) is 12.5 Å². The first kappa shape index (κ1) is 7.83. The van der Waals surface area contributed by atoms with Crippen molar-refractivity contribution in [1.82, 2.24) is 0 Å². The average Bonchev–Trinajstić information content (AvgIpc) is 2.15. The molecule has 3 fully saturated rings. The number of halogens is 1. The second-order valence-corrected chi connectivity index (χ2v) is 6.23. The van der Waals surface area contributed by atoms with E-state index in [2.05, 4.69) is 0 Å². The van der Waals surface area contributed by atoms with Gasteiger partial charge >= 0.3 is 0 Å². The van der Waals surface area contributed by atoms with E-state index in [1.807, 2.05) is 0 Å². The largest absolute Gasteiger partial charge is 0.374 e. The first-order valence-corrected chi connectivity index (χ1v) is 6.03. The monoisotopic (exact) mass is 196 g/mol. The van der Waals surface area contributed by atoms with Gasteiger partial charge in [-0.15, -0.1) is 0 Å². The Bertz CT molecular complexity index is 260. The van der Waals surface area contributed by atoms with E-state index in [-0.39, 0.29) is 5.75 Å². The lowest BCUT2D eigenvalue weighted by molar-refractivity contribution is 0.0238. The van der Waals surface area contributed by atoms with Crippen molar-refractivity contribution in [3.05, 3.63) is 0 Å². The topological polar surface area (TPSA) is 43.4 Å². The van der Waals surface area contributed by atoms with Crippen molar-refractivity contribution in [2.45, 2.75) is 18.4 Å². The van der Waals surface area contributed by atoms with Crippen LogP contribution in [0.2, 0.25) is 0 Å². The van der Waals surface area contributed by atoms with Gasteiger partial charge in [0.05, 0.1) is 18.0 Å². The summed E-state index contributed by atoms with van der Waals surface area (Å²) in [7, 11) is 1.74. The molecule has 3 nitrogen and oxygen atoms in total. The van der Waals surface area contributed by atoms with E-state index >= 15 is 0 Å². The molecule has 0 radical (unpaired) electrons. The lowest BCUT2D eigenvalue weighted by atomic mass is 9.76. The summed E-state index contributed by atoms with van der Waals surface area (Å²) in [4.78, 5) is 0. The summed E-state index contributed by atoms with van der Waals surface area (Å²) in [6.45, 7) is 0.715. The van der Waals surface area contributed by atoms with Crippen LogP contribution in [0.3, 0.4) is 0 Å². The highest BCUT2D eigenvalue weighted by molar-refractivity contribution is 8.13. The predicted octanol–water partition coefficient (Wildman–Crippen LogP) is 0.734. The van der Waals surface area contributed by atoms with Crippen molar-refractivity contribution in [1.29, 1.82) is 0 Å². The third-order valence-electron chi connectivity index (χ3n) is 2.38. The highest BCUT2D eigenvalue weighted by Gasteiger charge is 2.53. The molecule has 3 rings (SSSR count). The average molecular weight is 197 g/mol. The molecule has 2 saturated heterocycles. The maximum atomic E-state index is 10.7. The van der Waals surface area contributed by atoms with Crippen LogP contribution in [0.25, 0.3) is 0 Å². The van der Waals surface area contributed by atoms with Crippen LogP contribution in [0.4, 0.5) is 0 Å². The molecule has 1 aliphatic carbocycles. The maximum Gasteiger partial charge on any atom is 0.235 e. The molecule has 0 spiro atoms. The SMILES string of the molecule is O=S(=O)(Cl)CC12CC(CO1)C2. The lowest BCUT2D eigenvalue weighted by Crippen LogP contribution is -2.41. The Morgan fingerprint density at radius 3 is 2.55 bits per heavy atom. The summed E-state index contributed by atoms with van der Waals surface area (Å²) in [5.41, 5.74) is -0.398. The fourth-order valence-corrected chi connectivity index (χ4v) is 3.54. The molecular formula is C6H9ClO3S. The van der Waals surface area contributed by atoms with Crippen molar-refractivity contribution >= 4 is 19.7 Å². The van der Waals surface area contributed by atoms with E-state index in [1.54, 1.807) is 0 Å². The van der Waals surface area contributed by atoms with E-state index in [4.69, 9.17) is 15.4 Å². The zero-order valence-electron chi connectivity index (χ0n) is 5.92. The smallest absolute Gasteiger partial charge is 0.235 e. The molecule has 0 aromatic carbocycles. The molecule has 0 aromatic rings. The Morgan fingerprint density at radius 2 is 2.18 bits per heavy atom. The van der Waals surface area contributed by atoms with Gasteiger partial charge < -0.3 is 4.74 Å². The van der Waals surface area contributed by atoms with Gasteiger partial charge in [0, 0.05) is 10.7 Å².